The number of hydrogen-bond acceptors (Lipinski definition) is 3. The molecule has 0 atom stereocenters. The van der Waals surface area contributed by atoms with Crippen LogP contribution in [-0.2, 0) is 10.2 Å². The van der Waals surface area contributed by atoms with E-state index in [-0.39, 0.29) is 17.2 Å². The molecule has 0 aliphatic rings. The van der Waals surface area contributed by atoms with Gasteiger partial charge in [0.2, 0.25) is 5.91 Å². The molecule has 2 aromatic rings. The van der Waals surface area contributed by atoms with Crippen molar-refractivity contribution >= 4 is 17.3 Å². The lowest BCUT2D eigenvalue weighted by atomic mass is 9.96. The number of pyridine rings is 1. The van der Waals surface area contributed by atoms with Crippen molar-refractivity contribution in [3.05, 3.63) is 35.9 Å². The molecule has 2 amide bonds. The van der Waals surface area contributed by atoms with E-state index in [9.17, 15) is 9.59 Å². The number of nitrogens with one attached hydrogen (secondary N) is 2. The van der Waals surface area contributed by atoms with E-state index in [1.165, 1.54) is 6.92 Å². The summed E-state index contributed by atoms with van der Waals surface area (Å²) in [6, 6.07) is 5.76. The van der Waals surface area contributed by atoms with Crippen LogP contribution in [0.1, 0.15) is 56.8 Å². The number of aromatic nitrogens is 2. The molecule has 24 heavy (non-hydrogen) atoms. The number of carbonyl (C=O) groups is 2. The van der Waals surface area contributed by atoms with Gasteiger partial charge in [-0.3, -0.25) is 9.59 Å². The Labute approximate surface area is 142 Å². The molecule has 6 nitrogen and oxygen atoms in total. The first-order chi connectivity index (χ1) is 11.3. The third-order valence-corrected chi connectivity index (χ3v) is 3.70. The molecule has 2 N–H and O–H groups in total. The van der Waals surface area contributed by atoms with Crippen LogP contribution in [0.3, 0.4) is 0 Å². The van der Waals surface area contributed by atoms with Crippen LogP contribution in [0.5, 0.6) is 0 Å². The maximum absolute atomic E-state index is 12.5. The van der Waals surface area contributed by atoms with Crippen LogP contribution in [0, 0.1) is 0 Å². The second-order valence-corrected chi connectivity index (χ2v) is 6.94. The Morgan fingerprint density at radius 2 is 1.79 bits per heavy atom. The van der Waals surface area contributed by atoms with E-state index in [1.807, 2.05) is 28.8 Å². The minimum absolute atomic E-state index is 0.0294. The van der Waals surface area contributed by atoms with Gasteiger partial charge in [0.05, 0.1) is 5.52 Å². The van der Waals surface area contributed by atoms with E-state index >= 15 is 0 Å². The molecular weight excluding hydrogens is 304 g/mol. The predicted molar refractivity (Wildman–Crippen MR) is 94.1 cm³/mol. The van der Waals surface area contributed by atoms with Gasteiger partial charge >= 0.3 is 0 Å². The number of unbranched alkanes of at least 4 members (excludes halogenated alkanes) is 1. The lowest BCUT2D eigenvalue weighted by Gasteiger charge is -2.16. The zero-order valence-corrected chi connectivity index (χ0v) is 14.8. The molecule has 0 fully saturated rings. The predicted octanol–water partition coefficient (Wildman–Crippen LogP) is 2.28. The number of carbonyl (C=O) groups excluding carboxylic acids is 2. The molecule has 2 rings (SSSR count). The summed E-state index contributed by atoms with van der Waals surface area (Å²) in [6.45, 7) is 8.94. The van der Waals surface area contributed by atoms with Crippen LogP contribution >= 0.6 is 0 Å². The summed E-state index contributed by atoms with van der Waals surface area (Å²) in [5.74, 6) is 0.681. The van der Waals surface area contributed by atoms with Gasteiger partial charge in [-0.15, -0.1) is 0 Å². The normalized spacial score (nSPS) is 11.5. The van der Waals surface area contributed by atoms with Crippen molar-refractivity contribution in [2.45, 2.75) is 46.0 Å². The van der Waals surface area contributed by atoms with Gasteiger partial charge in [-0.1, -0.05) is 26.8 Å². The SMILES string of the molecule is CC(=O)NCCCCNC(=O)c1nc(C(C)(C)C)n2ccccc12. The van der Waals surface area contributed by atoms with Crippen molar-refractivity contribution in [1.82, 2.24) is 20.0 Å². The Kier molecular flexibility index (Phi) is 5.59. The first-order valence-electron chi connectivity index (χ1n) is 8.31. The summed E-state index contributed by atoms with van der Waals surface area (Å²) in [5.41, 5.74) is 1.13. The van der Waals surface area contributed by atoms with Gasteiger partial charge in [0.15, 0.2) is 5.69 Å². The van der Waals surface area contributed by atoms with Gasteiger partial charge < -0.3 is 15.0 Å². The summed E-state index contributed by atoms with van der Waals surface area (Å²) in [7, 11) is 0. The summed E-state index contributed by atoms with van der Waals surface area (Å²) >= 11 is 0. The van der Waals surface area contributed by atoms with E-state index in [0.717, 1.165) is 24.2 Å². The highest BCUT2D eigenvalue weighted by Gasteiger charge is 2.24. The molecule has 0 unspecified atom stereocenters. The highest BCUT2D eigenvalue weighted by atomic mass is 16.2. The lowest BCUT2D eigenvalue weighted by Crippen LogP contribution is -2.27. The Bertz CT molecular complexity index is 728. The van der Waals surface area contributed by atoms with Crippen molar-refractivity contribution in [2.24, 2.45) is 0 Å². The van der Waals surface area contributed by atoms with Crippen molar-refractivity contribution in [2.75, 3.05) is 13.1 Å². The Morgan fingerprint density at radius 1 is 1.12 bits per heavy atom. The summed E-state index contributed by atoms with van der Waals surface area (Å²) in [5, 5.41) is 5.66. The van der Waals surface area contributed by atoms with Gasteiger partial charge in [-0.25, -0.2) is 4.98 Å². The number of amides is 2. The molecule has 6 heteroatoms. The Morgan fingerprint density at radius 3 is 2.42 bits per heavy atom. The summed E-state index contributed by atoms with van der Waals surface area (Å²) < 4.78 is 1.98. The van der Waals surface area contributed by atoms with Gasteiger partial charge in [0.25, 0.3) is 5.91 Å². The van der Waals surface area contributed by atoms with Crippen LogP contribution in [0.4, 0.5) is 0 Å². The summed E-state index contributed by atoms with van der Waals surface area (Å²) in [6.07, 6.45) is 3.58. The van der Waals surface area contributed by atoms with E-state index < -0.39 is 0 Å². The van der Waals surface area contributed by atoms with Crippen molar-refractivity contribution < 1.29 is 9.59 Å². The van der Waals surface area contributed by atoms with E-state index in [0.29, 0.717) is 18.8 Å². The largest absolute Gasteiger partial charge is 0.356 e. The molecule has 2 heterocycles. The van der Waals surface area contributed by atoms with Crippen LogP contribution in [0.2, 0.25) is 0 Å². The van der Waals surface area contributed by atoms with Gasteiger partial charge in [0.1, 0.15) is 5.82 Å². The number of nitrogens with zero attached hydrogens (tertiary/aromatic N) is 2. The highest BCUT2D eigenvalue weighted by molar-refractivity contribution is 5.99. The molecule has 0 aliphatic carbocycles. The maximum Gasteiger partial charge on any atom is 0.272 e. The maximum atomic E-state index is 12.5. The fourth-order valence-electron chi connectivity index (χ4n) is 2.53. The average molecular weight is 330 g/mol. The Balaban J connectivity index is 2.03. The molecule has 0 saturated carbocycles. The van der Waals surface area contributed by atoms with Gasteiger partial charge in [-0.2, -0.15) is 0 Å². The van der Waals surface area contributed by atoms with Crippen molar-refractivity contribution in [3.8, 4) is 0 Å². The van der Waals surface area contributed by atoms with E-state index in [2.05, 4.69) is 36.4 Å². The number of hydrogen-bond donors (Lipinski definition) is 2. The highest BCUT2D eigenvalue weighted by Crippen LogP contribution is 2.24. The van der Waals surface area contributed by atoms with Crippen LogP contribution in [0.15, 0.2) is 24.4 Å². The minimum Gasteiger partial charge on any atom is -0.356 e. The van der Waals surface area contributed by atoms with E-state index in [1.54, 1.807) is 0 Å². The molecule has 0 bridgehead atoms. The molecule has 2 aromatic heterocycles. The van der Waals surface area contributed by atoms with Crippen molar-refractivity contribution in [1.29, 1.82) is 0 Å². The third-order valence-electron chi connectivity index (χ3n) is 3.70. The summed E-state index contributed by atoms with van der Waals surface area (Å²) in [4.78, 5) is 27.9. The topological polar surface area (TPSA) is 75.5 Å². The monoisotopic (exact) mass is 330 g/mol. The number of fused-ring (bicyclic) bond motifs is 1. The fourth-order valence-corrected chi connectivity index (χ4v) is 2.53. The average Bonchev–Trinajstić information content (AvgIpc) is 2.90. The van der Waals surface area contributed by atoms with Gasteiger partial charge in [-0.05, 0) is 25.0 Å². The minimum atomic E-state index is -0.159. The van der Waals surface area contributed by atoms with E-state index in [4.69, 9.17) is 0 Å². The zero-order valence-electron chi connectivity index (χ0n) is 14.8. The molecule has 0 radical (unpaired) electrons. The fraction of sp³-hybridized carbons (Fsp3) is 0.500. The number of rotatable bonds is 6. The Hall–Kier alpha value is -2.37. The van der Waals surface area contributed by atoms with Crippen LogP contribution in [0.25, 0.3) is 5.52 Å². The molecule has 0 saturated heterocycles. The number of imidazole rings is 1. The smallest absolute Gasteiger partial charge is 0.272 e. The second-order valence-electron chi connectivity index (χ2n) is 6.94. The standard InChI is InChI=1S/C18H26N4O2/c1-13(23)19-10-6-7-11-20-16(24)15-14-9-5-8-12-22(14)17(21-15)18(2,3)4/h5,8-9,12H,6-7,10-11H2,1-4H3,(H,19,23)(H,20,24). The third kappa shape index (κ3) is 4.34. The van der Waals surface area contributed by atoms with Crippen LogP contribution in [-0.4, -0.2) is 34.3 Å². The molecule has 0 aromatic carbocycles. The molecular formula is C18H26N4O2. The molecule has 0 spiro atoms. The van der Waals surface area contributed by atoms with Gasteiger partial charge in [0, 0.05) is 31.6 Å². The molecule has 130 valence electrons. The lowest BCUT2D eigenvalue weighted by molar-refractivity contribution is -0.118. The second kappa shape index (κ2) is 7.47. The first kappa shape index (κ1) is 18.0. The molecule has 0 aliphatic heterocycles. The van der Waals surface area contributed by atoms with Crippen molar-refractivity contribution in [3.63, 3.8) is 0 Å². The first-order valence-corrected chi connectivity index (χ1v) is 8.31. The van der Waals surface area contributed by atoms with Crippen LogP contribution < -0.4 is 10.6 Å². The quantitative estimate of drug-likeness (QED) is 0.798. The zero-order chi connectivity index (χ0) is 17.7.